The van der Waals surface area contributed by atoms with Crippen LogP contribution in [0, 0.1) is 0 Å². The van der Waals surface area contributed by atoms with Crippen molar-refractivity contribution in [3.05, 3.63) is 40.2 Å². The second-order valence-electron chi connectivity index (χ2n) is 7.67. The zero-order valence-electron chi connectivity index (χ0n) is 14.9. The molecule has 7 nitrogen and oxygen atoms in total. The molecule has 2 saturated carbocycles. The highest BCUT2D eigenvalue weighted by Crippen LogP contribution is 2.39. The Morgan fingerprint density at radius 2 is 1.62 bits per heavy atom. The number of aromatic nitrogens is 4. The minimum atomic E-state index is -0.0414. The maximum absolute atomic E-state index is 12.0. The fourth-order valence-corrected chi connectivity index (χ4v) is 3.81. The number of rotatable bonds is 4. The molecule has 0 atom stereocenters. The van der Waals surface area contributed by atoms with E-state index in [4.69, 9.17) is 4.98 Å². The molecule has 3 fully saturated rings. The van der Waals surface area contributed by atoms with Gasteiger partial charge in [0.1, 0.15) is 12.1 Å². The summed E-state index contributed by atoms with van der Waals surface area (Å²) in [6.45, 7) is 3.41. The van der Waals surface area contributed by atoms with Crippen LogP contribution in [0.3, 0.4) is 0 Å². The highest BCUT2D eigenvalue weighted by Gasteiger charge is 2.28. The minimum absolute atomic E-state index is 0.0414. The fourth-order valence-electron chi connectivity index (χ4n) is 3.81. The molecule has 2 aliphatic carbocycles. The van der Waals surface area contributed by atoms with Crippen molar-refractivity contribution in [3.8, 4) is 0 Å². The van der Waals surface area contributed by atoms with Crippen LogP contribution in [0.4, 0.5) is 11.8 Å². The van der Waals surface area contributed by atoms with E-state index >= 15 is 0 Å². The van der Waals surface area contributed by atoms with E-state index in [1.165, 1.54) is 25.0 Å². The molecule has 2 aromatic rings. The average molecular weight is 352 g/mol. The smallest absolute Gasteiger partial charge is 0.252 e. The number of nitrogens with one attached hydrogen (secondary N) is 1. The third kappa shape index (κ3) is 3.06. The van der Waals surface area contributed by atoms with Crippen LogP contribution in [0.1, 0.15) is 55.3 Å². The predicted octanol–water partition coefficient (Wildman–Crippen LogP) is 2.03. The lowest BCUT2D eigenvalue weighted by Gasteiger charge is -2.36. The molecule has 3 heterocycles. The molecular formula is C19H24N6O. The van der Waals surface area contributed by atoms with Gasteiger partial charge in [-0.2, -0.15) is 0 Å². The van der Waals surface area contributed by atoms with Crippen LogP contribution in [0.15, 0.2) is 23.3 Å². The van der Waals surface area contributed by atoms with E-state index in [0.29, 0.717) is 11.8 Å². The van der Waals surface area contributed by atoms with Crippen LogP contribution >= 0.6 is 0 Å². The topological polar surface area (TPSA) is 78.0 Å². The van der Waals surface area contributed by atoms with Gasteiger partial charge in [-0.15, -0.1) is 0 Å². The van der Waals surface area contributed by atoms with E-state index in [2.05, 4.69) is 30.8 Å². The zero-order valence-corrected chi connectivity index (χ0v) is 14.9. The molecule has 3 aliphatic rings. The number of anilines is 2. The molecule has 1 N–H and O–H groups in total. The monoisotopic (exact) mass is 352 g/mol. The number of hydrogen-bond donors (Lipinski definition) is 1. The lowest BCUT2D eigenvalue weighted by molar-refractivity contribution is 0.410. The molecule has 7 heteroatoms. The molecule has 0 bridgehead atoms. The fraction of sp³-hybridized carbons (Fsp3) is 0.579. The molecule has 2 aromatic heterocycles. The van der Waals surface area contributed by atoms with Crippen molar-refractivity contribution in [2.75, 3.05) is 36.0 Å². The summed E-state index contributed by atoms with van der Waals surface area (Å²) in [6, 6.07) is 3.81. The average Bonchev–Trinajstić information content (AvgIpc) is 3.45. The Morgan fingerprint density at radius 3 is 2.31 bits per heavy atom. The second-order valence-corrected chi connectivity index (χ2v) is 7.67. The van der Waals surface area contributed by atoms with Crippen LogP contribution in [-0.2, 0) is 0 Å². The van der Waals surface area contributed by atoms with Gasteiger partial charge in [0.25, 0.3) is 5.56 Å². The third-order valence-corrected chi connectivity index (χ3v) is 5.85. The van der Waals surface area contributed by atoms with Crippen LogP contribution in [-0.4, -0.2) is 46.1 Å². The molecule has 1 aliphatic heterocycles. The Morgan fingerprint density at radius 1 is 0.885 bits per heavy atom. The number of aromatic amines is 1. The molecule has 0 radical (unpaired) electrons. The van der Waals surface area contributed by atoms with Gasteiger partial charge in [0.05, 0.1) is 5.69 Å². The first-order valence-corrected chi connectivity index (χ1v) is 9.69. The van der Waals surface area contributed by atoms with Crippen molar-refractivity contribution in [2.24, 2.45) is 0 Å². The summed E-state index contributed by atoms with van der Waals surface area (Å²) in [5.41, 5.74) is 2.10. The number of H-pyrrole nitrogens is 1. The molecule has 1 saturated heterocycles. The predicted molar refractivity (Wildman–Crippen MR) is 99.9 cm³/mol. The SMILES string of the molecule is O=c1cc(C2CC2)nc(N2CCN(c3cc(C4CCC4)ncn3)CC2)[nH]1. The van der Waals surface area contributed by atoms with Crippen LogP contribution in [0.25, 0.3) is 0 Å². The summed E-state index contributed by atoms with van der Waals surface area (Å²) >= 11 is 0. The normalized spacial score (nSPS) is 20.9. The summed E-state index contributed by atoms with van der Waals surface area (Å²) in [4.78, 5) is 33.0. The first-order chi connectivity index (χ1) is 12.8. The summed E-state index contributed by atoms with van der Waals surface area (Å²) in [7, 11) is 0. The van der Waals surface area contributed by atoms with Crippen molar-refractivity contribution in [1.29, 1.82) is 0 Å². The van der Waals surface area contributed by atoms with Crippen molar-refractivity contribution in [3.63, 3.8) is 0 Å². The second kappa shape index (κ2) is 6.37. The van der Waals surface area contributed by atoms with Gasteiger partial charge in [0, 0.05) is 55.8 Å². The van der Waals surface area contributed by atoms with E-state index in [9.17, 15) is 4.79 Å². The zero-order chi connectivity index (χ0) is 17.5. The van der Waals surface area contributed by atoms with Crippen molar-refractivity contribution >= 4 is 11.8 Å². The van der Waals surface area contributed by atoms with Gasteiger partial charge >= 0.3 is 0 Å². The van der Waals surface area contributed by atoms with Crippen LogP contribution in [0.5, 0.6) is 0 Å². The Kier molecular flexibility index (Phi) is 3.87. The maximum Gasteiger partial charge on any atom is 0.252 e. The quantitative estimate of drug-likeness (QED) is 0.907. The Labute approximate surface area is 152 Å². The lowest BCUT2D eigenvalue weighted by atomic mass is 9.83. The summed E-state index contributed by atoms with van der Waals surface area (Å²) in [5.74, 6) is 2.85. The van der Waals surface area contributed by atoms with Crippen LogP contribution in [0.2, 0.25) is 0 Å². The molecule has 26 heavy (non-hydrogen) atoms. The molecule has 5 rings (SSSR count). The summed E-state index contributed by atoms with van der Waals surface area (Å²) < 4.78 is 0. The van der Waals surface area contributed by atoms with E-state index in [0.717, 1.165) is 56.5 Å². The first kappa shape index (κ1) is 15.8. The highest BCUT2D eigenvalue weighted by molar-refractivity contribution is 5.43. The highest BCUT2D eigenvalue weighted by atomic mass is 16.1. The van der Waals surface area contributed by atoms with E-state index < -0.39 is 0 Å². The van der Waals surface area contributed by atoms with Gasteiger partial charge in [-0.05, 0) is 25.7 Å². The van der Waals surface area contributed by atoms with E-state index in [1.54, 1.807) is 12.4 Å². The Balaban J connectivity index is 1.28. The molecule has 0 amide bonds. The number of piperazine rings is 1. The molecule has 0 unspecified atom stereocenters. The van der Waals surface area contributed by atoms with Gasteiger partial charge in [0.15, 0.2) is 0 Å². The first-order valence-electron chi connectivity index (χ1n) is 9.69. The minimum Gasteiger partial charge on any atom is -0.353 e. The molecular weight excluding hydrogens is 328 g/mol. The van der Waals surface area contributed by atoms with Gasteiger partial charge in [-0.1, -0.05) is 6.42 Å². The van der Waals surface area contributed by atoms with Gasteiger partial charge in [-0.25, -0.2) is 15.0 Å². The summed E-state index contributed by atoms with van der Waals surface area (Å²) in [6.07, 6.45) is 7.82. The van der Waals surface area contributed by atoms with Crippen LogP contribution < -0.4 is 15.4 Å². The Hall–Kier alpha value is -2.44. The lowest BCUT2D eigenvalue weighted by Crippen LogP contribution is -2.47. The maximum atomic E-state index is 12.0. The number of hydrogen-bond acceptors (Lipinski definition) is 6. The summed E-state index contributed by atoms with van der Waals surface area (Å²) in [5, 5.41) is 0. The van der Waals surface area contributed by atoms with Crippen molar-refractivity contribution < 1.29 is 0 Å². The van der Waals surface area contributed by atoms with Crippen molar-refractivity contribution in [1.82, 2.24) is 19.9 Å². The molecule has 0 aromatic carbocycles. The standard InChI is InChI=1S/C19H24N6O/c26-18-11-16(14-4-5-14)22-19(23-18)25-8-6-24(7-9-25)17-10-15(20-12-21-17)13-2-1-3-13/h10-14H,1-9H2,(H,22,23,26). The van der Waals surface area contributed by atoms with Crippen molar-refractivity contribution in [2.45, 2.75) is 43.9 Å². The van der Waals surface area contributed by atoms with E-state index in [-0.39, 0.29) is 5.56 Å². The third-order valence-electron chi connectivity index (χ3n) is 5.85. The Bertz CT molecular complexity index is 849. The molecule has 0 spiro atoms. The van der Waals surface area contributed by atoms with Gasteiger partial charge < -0.3 is 9.80 Å². The largest absolute Gasteiger partial charge is 0.353 e. The molecule has 136 valence electrons. The van der Waals surface area contributed by atoms with E-state index in [1.807, 2.05) is 0 Å². The van der Waals surface area contributed by atoms with Gasteiger partial charge in [-0.3, -0.25) is 9.78 Å². The van der Waals surface area contributed by atoms with Gasteiger partial charge in [0.2, 0.25) is 5.95 Å². The number of nitrogens with zero attached hydrogens (tertiary/aromatic N) is 5.